The van der Waals surface area contributed by atoms with Crippen LogP contribution in [0.5, 0.6) is 0 Å². The van der Waals surface area contributed by atoms with E-state index in [0.29, 0.717) is 12.2 Å². The third-order valence-electron chi connectivity index (χ3n) is 5.55. The van der Waals surface area contributed by atoms with E-state index in [1.807, 2.05) is 13.8 Å². The number of primary amides is 1. The van der Waals surface area contributed by atoms with E-state index in [1.54, 1.807) is 0 Å². The summed E-state index contributed by atoms with van der Waals surface area (Å²) in [6.07, 6.45) is 0.358. The van der Waals surface area contributed by atoms with E-state index >= 15 is 0 Å². The number of nitrogens with zero attached hydrogens (tertiary/aromatic N) is 3. The molecule has 2 amide bonds. The molecule has 8 nitrogen and oxygen atoms in total. The van der Waals surface area contributed by atoms with Crippen LogP contribution < -0.4 is 16.1 Å². The van der Waals surface area contributed by atoms with Crippen LogP contribution in [0.4, 0.5) is 10.1 Å². The average molecular weight is 420 g/mol. The molecule has 30 heavy (non-hydrogen) atoms. The quantitative estimate of drug-likeness (QED) is 0.723. The number of morpholine rings is 1. The molecule has 2 aliphatic rings. The Hall–Kier alpha value is -2.52. The SMILES string of the molecule is C[C@@H]1CN(C(C)(C)CNC(=O)C2=NN(c3ccc(F)cc3)[C@@H](C(N)=O)C2)C[C@H](C)O1. The summed E-state index contributed by atoms with van der Waals surface area (Å²) >= 11 is 0. The number of rotatable bonds is 6. The van der Waals surface area contributed by atoms with Gasteiger partial charge in [0.25, 0.3) is 5.91 Å². The first-order valence-electron chi connectivity index (χ1n) is 10.2. The van der Waals surface area contributed by atoms with E-state index in [1.165, 1.54) is 29.3 Å². The molecule has 1 saturated heterocycles. The van der Waals surface area contributed by atoms with Gasteiger partial charge in [0.05, 0.1) is 17.9 Å². The summed E-state index contributed by atoms with van der Waals surface area (Å²) in [7, 11) is 0. The number of carbonyl (C=O) groups excluding carboxylic acids is 2. The van der Waals surface area contributed by atoms with E-state index in [0.717, 1.165) is 13.1 Å². The molecular weight excluding hydrogens is 389 g/mol. The van der Waals surface area contributed by atoms with Crippen molar-refractivity contribution >= 4 is 23.2 Å². The lowest BCUT2D eigenvalue weighted by Crippen LogP contribution is -2.59. The predicted molar refractivity (Wildman–Crippen MR) is 113 cm³/mol. The zero-order valence-electron chi connectivity index (χ0n) is 17.9. The Morgan fingerprint density at radius 3 is 2.40 bits per heavy atom. The van der Waals surface area contributed by atoms with Gasteiger partial charge in [-0.3, -0.25) is 19.5 Å². The number of amides is 2. The summed E-state index contributed by atoms with van der Waals surface area (Å²) in [5.41, 5.74) is 5.95. The molecule has 1 aromatic carbocycles. The van der Waals surface area contributed by atoms with Crippen molar-refractivity contribution in [2.75, 3.05) is 24.6 Å². The van der Waals surface area contributed by atoms with Gasteiger partial charge in [0, 0.05) is 31.6 Å². The summed E-state index contributed by atoms with van der Waals surface area (Å²) in [5.74, 6) is -1.33. The van der Waals surface area contributed by atoms with Gasteiger partial charge in [0.15, 0.2) is 0 Å². The fourth-order valence-corrected chi connectivity index (χ4v) is 3.88. The fraction of sp³-hybridized carbons (Fsp3) is 0.571. The topological polar surface area (TPSA) is 100 Å². The van der Waals surface area contributed by atoms with Crippen molar-refractivity contribution in [3.8, 4) is 0 Å². The van der Waals surface area contributed by atoms with Crippen LogP contribution in [0.3, 0.4) is 0 Å². The van der Waals surface area contributed by atoms with Gasteiger partial charge < -0.3 is 15.8 Å². The first kappa shape index (κ1) is 22.2. The summed E-state index contributed by atoms with van der Waals surface area (Å²) in [5, 5.41) is 8.63. The number of nitrogens with one attached hydrogen (secondary N) is 1. The Morgan fingerprint density at radius 1 is 1.23 bits per heavy atom. The standard InChI is InChI=1S/C21H30FN5O3/c1-13-10-26(11-14(2)30-13)21(3,4)12-24-20(29)17-9-18(19(23)28)27(25-17)16-7-5-15(22)6-8-16/h5-8,13-14,18H,9-12H2,1-4H3,(H2,23,28)(H,24,29)/t13-,14+,18-/m1/s1. The Kier molecular flexibility index (Phi) is 6.42. The maximum atomic E-state index is 13.2. The maximum Gasteiger partial charge on any atom is 0.267 e. The molecule has 3 rings (SSSR count). The number of nitrogens with two attached hydrogens (primary N) is 1. The van der Waals surface area contributed by atoms with Crippen molar-refractivity contribution in [2.45, 2.75) is 57.9 Å². The normalized spacial score (nSPS) is 25.2. The first-order valence-corrected chi connectivity index (χ1v) is 10.2. The minimum Gasteiger partial charge on any atom is -0.373 e. The molecule has 0 spiro atoms. The fourth-order valence-electron chi connectivity index (χ4n) is 3.88. The molecule has 3 N–H and O–H groups in total. The highest BCUT2D eigenvalue weighted by molar-refractivity contribution is 6.40. The van der Waals surface area contributed by atoms with Crippen molar-refractivity contribution in [2.24, 2.45) is 10.8 Å². The van der Waals surface area contributed by atoms with Crippen LogP contribution in [0, 0.1) is 5.82 Å². The van der Waals surface area contributed by atoms with Crippen LogP contribution >= 0.6 is 0 Å². The maximum absolute atomic E-state index is 13.2. The number of hydrogen-bond donors (Lipinski definition) is 2. The van der Waals surface area contributed by atoms with Crippen molar-refractivity contribution < 1.29 is 18.7 Å². The predicted octanol–water partition coefficient (Wildman–Crippen LogP) is 1.25. The van der Waals surface area contributed by atoms with Crippen molar-refractivity contribution in [3.63, 3.8) is 0 Å². The molecule has 2 heterocycles. The molecule has 1 aromatic rings. The Balaban J connectivity index is 1.67. The van der Waals surface area contributed by atoms with Gasteiger partial charge >= 0.3 is 0 Å². The van der Waals surface area contributed by atoms with Crippen LogP contribution in [0.2, 0.25) is 0 Å². The van der Waals surface area contributed by atoms with E-state index in [9.17, 15) is 14.0 Å². The van der Waals surface area contributed by atoms with Crippen molar-refractivity contribution in [1.82, 2.24) is 10.2 Å². The zero-order chi connectivity index (χ0) is 22.1. The molecule has 0 aliphatic carbocycles. The molecule has 3 atom stereocenters. The van der Waals surface area contributed by atoms with E-state index in [2.05, 4.69) is 29.2 Å². The minimum atomic E-state index is -0.787. The van der Waals surface area contributed by atoms with Crippen LogP contribution in [0.1, 0.15) is 34.1 Å². The summed E-state index contributed by atoms with van der Waals surface area (Å²) in [4.78, 5) is 27.0. The Morgan fingerprint density at radius 2 is 1.83 bits per heavy atom. The number of hydrazone groups is 1. The molecule has 0 radical (unpaired) electrons. The van der Waals surface area contributed by atoms with Gasteiger partial charge in [0.1, 0.15) is 17.6 Å². The average Bonchev–Trinajstić information content (AvgIpc) is 3.12. The second-order valence-electron chi connectivity index (χ2n) is 8.65. The third-order valence-corrected chi connectivity index (χ3v) is 5.55. The Bertz CT molecular complexity index is 816. The molecule has 0 unspecified atom stereocenters. The number of carbonyl (C=O) groups is 2. The highest BCUT2D eigenvalue weighted by Gasteiger charge is 2.37. The molecule has 1 fully saturated rings. The third kappa shape index (κ3) is 4.96. The molecular formula is C21H30FN5O3. The number of anilines is 1. The van der Waals surface area contributed by atoms with Crippen LogP contribution in [-0.4, -0.2) is 65.8 Å². The summed E-state index contributed by atoms with van der Waals surface area (Å²) in [6, 6.07) is 4.76. The van der Waals surface area contributed by atoms with Gasteiger partial charge in [-0.25, -0.2) is 4.39 Å². The highest BCUT2D eigenvalue weighted by Crippen LogP contribution is 2.25. The molecule has 0 bridgehead atoms. The van der Waals surface area contributed by atoms with Gasteiger partial charge in [-0.15, -0.1) is 0 Å². The first-order chi connectivity index (χ1) is 14.1. The van der Waals surface area contributed by atoms with Gasteiger partial charge in [-0.05, 0) is 52.0 Å². The van der Waals surface area contributed by atoms with Crippen LogP contribution in [0.15, 0.2) is 29.4 Å². The second-order valence-corrected chi connectivity index (χ2v) is 8.65. The number of hydrogen-bond acceptors (Lipinski definition) is 6. The van der Waals surface area contributed by atoms with E-state index in [4.69, 9.17) is 10.5 Å². The molecule has 164 valence electrons. The zero-order valence-corrected chi connectivity index (χ0v) is 17.9. The van der Waals surface area contributed by atoms with E-state index < -0.39 is 17.8 Å². The molecule has 2 aliphatic heterocycles. The minimum absolute atomic E-state index is 0.102. The Labute approximate surface area is 176 Å². The van der Waals surface area contributed by atoms with Gasteiger partial charge in [-0.1, -0.05) is 0 Å². The molecule has 9 heteroatoms. The van der Waals surface area contributed by atoms with Crippen molar-refractivity contribution in [1.29, 1.82) is 0 Å². The summed E-state index contributed by atoms with van der Waals surface area (Å²) < 4.78 is 19.0. The number of benzene rings is 1. The largest absolute Gasteiger partial charge is 0.373 e. The lowest BCUT2D eigenvalue weighted by Gasteiger charge is -2.45. The number of ether oxygens (including phenoxy) is 1. The summed E-state index contributed by atoms with van der Waals surface area (Å²) in [6.45, 7) is 10.2. The van der Waals surface area contributed by atoms with Gasteiger partial charge in [-0.2, -0.15) is 5.10 Å². The lowest BCUT2D eigenvalue weighted by atomic mass is 9.99. The van der Waals surface area contributed by atoms with Crippen LogP contribution in [-0.2, 0) is 14.3 Å². The lowest BCUT2D eigenvalue weighted by molar-refractivity contribution is -0.119. The van der Waals surface area contributed by atoms with Crippen molar-refractivity contribution in [3.05, 3.63) is 30.1 Å². The number of halogens is 1. The molecule has 0 saturated carbocycles. The van der Waals surface area contributed by atoms with Gasteiger partial charge in [0.2, 0.25) is 5.91 Å². The molecule has 0 aromatic heterocycles. The smallest absolute Gasteiger partial charge is 0.267 e. The van der Waals surface area contributed by atoms with Crippen LogP contribution in [0.25, 0.3) is 0 Å². The second kappa shape index (κ2) is 8.69. The van der Waals surface area contributed by atoms with E-state index in [-0.39, 0.29) is 35.8 Å². The monoisotopic (exact) mass is 419 g/mol. The highest BCUT2D eigenvalue weighted by atomic mass is 19.1.